The van der Waals surface area contributed by atoms with Crippen molar-refractivity contribution in [3.05, 3.63) is 54.7 Å². The van der Waals surface area contributed by atoms with E-state index >= 15 is 0 Å². The zero-order chi connectivity index (χ0) is 23.2. The van der Waals surface area contributed by atoms with Gasteiger partial charge in [-0.15, -0.1) is 10.2 Å². The molecule has 4 rings (SSSR count). The zero-order valence-corrected chi connectivity index (χ0v) is 19.5. The van der Waals surface area contributed by atoms with Gasteiger partial charge in [0.15, 0.2) is 5.76 Å². The summed E-state index contributed by atoms with van der Waals surface area (Å²) >= 11 is 1.48. The Labute approximate surface area is 195 Å². The van der Waals surface area contributed by atoms with E-state index < -0.39 is 0 Å². The molecule has 11 heteroatoms. The van der Waals surface area contributed by atoms with Gasteiger partial charge < -0.3 is 18.6 Å². The molecule has 1 unspecified atom stereocenters. The number of hydrogen-bond acceptors (Lipinski definition) is 10. The first-order chi connectivity index (χ1) is 16.2. The molecule has 0 aliphatic heterocycles. The highest BCUT2D eigenvalue weighted by atomic mass is 32.2. The normalized spacial score (nSPS) is 11.8. The summed E-state index contributed by atoms with van der Waals surface area (Å²) in [6.07, 6.45) is 5.50. The van der Waals surface area contributed by atoms with E-state index in [1.807, 2.05) is 28.8 Å². The number of anilines is 1. The van der Waals surface area contributed by atoms with Gasteiger partial charge in [0.1, 0.15) is 22.9 Å². The fourth-order valence-corrected chi connectivity index (χ4v) is 3.99. The second kappa shape index (κ2) is 10.3. The molecule has 1 N–H and O–H groups in total. The molecule has 0 fully saturated rings. The van der Waals surface area contributed by atoms with Gasteiger partial charge in [0.25, 0.3) is 0 Å². The van der Waals surface area contributed by atoms with E-state index in [0.29, 0.717) is 47.0 Å². The van der Waals surface area contributed by atoms with Crippen LogP contribution in [-0.2, 0) is 6.42 Å². The third kappa shape index (κ3) is 4.72. The fraction of sp³-hybridized carbons (Fsp3) is 0.273. The molecule has 172 valence electrons. The monoisotopic (exact) mass is 468 g/mol. The van der Waals surface area contributed by atoms with Crippen molar-refractivity contribution < 1.29 is 18.6 Å². The number of para-hydroxylation sites is 1. The lowest BCUT2D eigenvalue weighted by molar-refractivity contribution is 0.389. The summed E-state index contributed by atoms with van der Waals surface area (Å²) < 4.78 is 27.3. The van der Waals surface area contributed by atoms with E-state index in [1.54, 1.807) is 46.1 Å². The van der Waals surface area contributed by atoms with E-state index in [0.717, 1.165) is 5.69 Å². The van der Waals surface area contributed by atoms with Crippen molar-refractivity contribution in [1.29, 1.82) is 0 Å². The Morgan fingerprint density at radius 1 is 1.00 bits per heavy atom. The predicted octanol–water partition coefficient (Wildman–Crippen LogP) is 4.03. The molecule has 33 heavy (non-hydrogen) atoms. The van der Waals surface area contributed by atoms with Gasteiger partial charge in [-0.1, -0.05) is 13.0 Å². The molecule has 1 atom stereocenters. The molecule has 1 aromatic carbocycles. The van der Waals surface area contributed by atoms with Crippen molar-refractivity contribution in [2.24, 2.45) is 0 Å². The molecular weight excluding hydrogens is 444 g/mol. The third-order valence-electron chi connectivity index (χ3n) is 4.79. The van der Waals surface area contributed by atoms with Gasteiger partial charge in [0, 0.05) is 24.1 Å². The quantitative estimate of drug-likeness (QED) is 0.343. The van der Waals surface area contributed by atoms with E-state index in [2.05, 4.69) is 31.8 Å². The summed E-state index contributed by atoms with van der Waals surface area (Å²) in [6.45, 7) is 2.07. The number of nitrogens with one attached hydrogen (secondary N) is 1. The topological polar surface area (TPSA) is 109 Å². The molecule has 4 aromatic rings. The van der Waals surface area contributed by atoms with Crippen LogP contribution in [-0.4, -0.2) is 51.3 Å². The summed E-state index contributed by atoms with van der Waals surface area (Å²) in [5.41, 5.74) is 1.44. The highest BCUT2D eigenvalue weighted by molar-refractivity contribution is 8.01. The maximum Gasteiger partial charge on any atom is 0.239 e. The molecule has 0 saturated carbocycles. The molecule has 3 aromatic heterocycles. The van der Waals surface area contributed by atoms with Crippen LogP contribution in [0.3, 0.4) is 0 Å². The van der Waals surface area contributed by atoms with Crippen molar-refractivity contribution >= 4 is 17.9 Å². The molecule has 0 amide bonds. The van der Waals surface area contributed by atoms with Crippen LogP contribution in [0.15, 0.2) is 53.4 Å². The lowest BCUT2D eigenvalue weighted by Crippen LogP contribution is -2.11. The number of methoxy groups -OCH3 is 3. The highest BCUT2D eigenvalue weighted by Crippen LogP contribution is 2.38. The number of furan rings is 1. The van der Waals surface area contributed by atoms with Crippen molar-refractivity contribution in [2.75, 3.05) is 26.1 Å². The first-order valence-electron chi connectivity index (χ1n) is 10.1. The van der Waals surface area contributed by atoms with Crippen molar-refractivity contribution in [1.82, 2.24) is 24.7 Å². The van der Waals surface area contributed by atoms with Crippen LogP contribution in [0.4, 0.5) is 5.95 Å². The smallest absolute Gasteiger partial charge is 0.239 e. The van der Waals surface area contributed by atoms with Crippen LogP contribution < -0.4 is 18.9 Å². The summed E-state index contributed by atoms with van der Waals surface area (Å²) in [4.78, 5) is 8.60. The average Bonchev–Trinajstić information content (AvgIpc) is 3.52. The van der Waals surface area contributed by atoms with Gasteiger partial charge in [-0.3, -0.25) is 14.3 Å². The van der Waals surface area contributed by atoms with E-state index in [4.69, 9.17) is 18.6 Å². The molecule has 0 aliphatic rings. The van der Waals surface area contributed by atoms with Gasteiger partial charge >= 0.3 is 0 Å². The van der Waals surface area contributed by atoms with Crippen LogP contribution in [0.1, 0.15) is 12.6 Å². The van der Waals surface area contributed by atoms with Crippen molar-refractivity contribution in [3.8, 4) is 34.7 Å². The maximum absolute atomic E-state index is 5.62. The fourth-order valence-electron chi connectivity index (χ4n) is 3.31. The molecule has 0 saturated heterocycles. The lowest BCUT2D eigenvalue weighted by Gasteiger charge is -2.18. The summed E-state index contributed by atoms with van der Waals surface area (Å²) in [6, 6.07) is 9.18. The first kappa shape index (κ1) is 22.5. The Morgan fingerprint density at radius 3 is 2.42 bits per heavy atom. The maximum atomic E-state index is 5.62. The zero-order valence-electron chi connectivity index (χ0n) is 18.7. The minimum Gasteiger partial charge on any atom is -0.494 e. The number of nitrogens with zero attached hydrogens (tertiary/aromatic N) is 5. The number of benzene rings is 1. The number of hydrogen-bond donors (Lipinski definition) is 1. The Bertz CT molecular complexity index is 1180. The minimum atomic E-state index is 0.118. The van der Waals surface area contributed by atoms with Crippen LogP contribution in [0.25, 0.3) is 17.3 Å². The Hall–Kier alpha value is -3.73. The second-order valence-electron chi connectivity index (χ2n) is 6.92. The number of ether oxygens (including phenoxy) is 3. The van der Waals surface area contributed by atoms with Crippen molar-refractivity contribution in [3.63, 3.8) is 0 Å². The van der Waals surface area contributed by atoms with E-state index in [1.165, 1.54) is 11.9 Å². The standard InChI is InChI=1S/C22H24N6O4S/c1-14(13-15-21(31-4)24-11-10-23-15)33-27-22-26-25-20(18-9-6-12-32-18)28(22)19-16(29-2)7-5-8-17(19)30-3/h5-12,14H,13H2,1-4H3,(H,26,27). The van der Waals surface area contributed by atoms with Crippen LogP contribution in [0, 0.1) is 0 Å². The Morgan fingerprint density at radius 2 is 1.76 bits per heavy atom. The molecule has 0 spiro atoms. The summed E-state index contributed by atoms with van der Waals surface area (Å²) in [5, 5.41) is 8.85. The number of aromatic nitrogens is 5. The van der Waals surface area contributed by atoms with Gasteiger partial charge in [0.05, 0.1) is 27.6 Å². The Kier molecular flexibility index (Phi) is 6.98. The number of rotatable bonds is 10. The highest BCUT2D eigenvalue weighted by Gasteiger charge is 2.24. The summed E-state index contributed by atoms with van der Waals surface area (Å²) in [7, 11) is 4.80. The molecule has 3 heterocycles. The molecule has 10 nitrogen and oxygen atoms in total. The van der Waals surface area contributed by atoms with Gasteiger partial charge in [-0.25, -0.2) is 4.98 Å². The van der Waals surface area contributed by atoms with Crippen LogP contribution in [0.5, 0.6) is 17.4 Å². The molecule has 0 aliphatic carbocycles. The second-order valence-corrected chi connectivity index (χ2v) is 8.16. The lowest BCUT2D eigenvalue weighted by atomic mass is 10.2. The van der Waals surface area contributed by atoms with E-state index in [-0.39, 0.29) is 5.25 Å². The van der Waals surface area contributed by atoms with Crippen LogP contribution >= 0.6 is 11.9 Å². The largest absolute Gasteiger partial charge is 0.494 e. The van der Waals surface area contributed by atoms with Gasteiger partial charge in [-0.05, 0) is 36.2 Å². The SMILES string of the molecule is COc1cccc(OC)c1-n1c(NSC(C)Cc2nccnc2OC)nnc1-c1ccco1. The Balaban J connectivity index is 1.66. The van der Waals surface area contributed by atoms with E-state index in [9.17, 15) is 0 Å². The minimum absolute atomic E-state index is 0.118. The summed E-state index contributed by atoms with van der Waals surface area (Å²) in [5.74, 6) is 3.29. The average molecular weight is 469 g/mol. The van der Waals surface area contributed by atoms with Gasteiger partial charge in [0.2, 0.25) is 17.7 Å². The molecule has 0 radical (unpaired) electrons. The van der Waals surface area contributed by atoms with Gasteiger partial charge in [-0.2, -0.15) is 0 Å². The third-order valence-corrected chi connectivity index (χ3v) is 5.66. The predicted molar refractivity (Wildman–Crippen MR) is 125 cm³/mol. The van der Waals surface area contributed by atoms with Crippen LogP contribution in [0.2, 0.25) is 0 Å². The first-order valence-corrected chi connectivity index (χ1v) is 11.0. The van der Waals surface area contributed by atoms with Crippen molar-refractivity contribution in [2.45, 2.75) is 18.6 Å². The molecule has 0 bridgehead atoms. The molecular formula is C22H24N6O4S.